The number of rotatable bonds is 7. The molecular weight excluding hydrogens is 501 g/mol. The Morgan fingerprint density at radius 1 is 1.03 bits per heavy atom. The van der Waals surface area contributed by atoms with Crippen LogP contribution in [0.1, 0.15) is 21.7 Å². The number of hydrogen-bond acceptors (Lipinski definition) is 6. The number of halogens is 1. The summed E-state index contributed by atoms with van der Waals surface area (Å²) in [6.45, 7) is 2.64. The molecule has 4 rings (SSSR count). The van der Waals surface area contributed by atoms with Crippen molar-refractivity contribution in [1.82, 2.24) is 15.5 Å². The van der Waals surface area contributed by atoms with Crippen molar-refractivity contribution in [2.24, 2.45) is 0 Å². The van der Waals surface area contributed by atoms with Crippen molar-refractivity contribution in [3.63, 3.8) is 0 Å². The summed E-state index contributed by atoms with van der Waals surface area (Å²) >= 11 is 6.81. The van der Waals surface area contributed by atoms with Crippen LogP contribution in [0.3, 0.4) is 0 Å². The summed E-state index contributed by atoms with van der Waals surface area (Å²) in [4.78, 5) is 27.8. The number of thioether (sulfide) groups is 1. The summed E-state index contributed by atoms with van der Waals surface area (Å²) in [7, 11) is 0. The van der Waals surface area contributed by atoms with E-state index in [-0.39, 0.29) is 12.2 Å². The average molecular weight is 526 g/mol. The lowest BCUT2D eigenvalue weighted by Gasteiger charge is -2.28. The lowest BCUT2D eigenvalue weighted by molar-refractivity contribution is -0.117. The number of hydrogen-bond donors (Lipinski definition) is 2. The van der Waals surface area contributed by atoms with Gasteiger partial charge in [-0.05, 0) is 42.1 Å². The Labute approximate surface area is 217 Å². The van der Waals surface area contributed by atoms with Crippen molar-refractivity contribution < 1.29 is 23.1 Å². The molecule has 0 aliphatic carbocycles. The van der Waals surface area contributed by atoms with Gasteiger partial charge in [0.15, 0.2) is 5.09 Å². The number of thiocarbonyl (C=S) groups is 1. The standard InChI is InChI=1S/C26H24FN3O4S2/c27-21-9-5-4-8-19(21)17-28-25(32)22(29-24(31)18-6-2-1-3-7-18)16-20-10-11-23(34-20)36-26(35)30-12-14-33-15-13-30/h1-11,16H,12-15,17H2,(H,28,32)(H,29,31). The molecule has 2 N–H and O–H groups in total. The molecule has 36 heavy (non-hydrogen) atoms. The van der Waals surface area contributed by atoms with E-state index in [1.165, 1.54) is 23.9 Å². The molecular formula is C26H24FN3O4S2. The van der Waals surface area contributed by atoms with E-state index in [1.807, 2.05) is 4.90 Å². The Kier molecular flexibility index (Phi) is 8.88. The van der Waals surface area contributed by atoms with Crippen LogP contribution >= 0.6 is 24.0 Å². The van der Waals surface area contributed by atoms with E-state index >= 15 is 0 Å². The number of nitrogens with zero attached hydrogens (tertiary/aromatic N) is 1. The maximum absolute atomic E-state index is 14.0. The van der Waals surface area contributed by atoms with E-state index in [9.17, 15) is 14.0 Å². The number of carbonyl (C=O) groups is 2. The minimum absolute atomic E-state index is 0.0400. The molecule has 2 heterocycles. The van der Waals surface area contributed by atoms with E-state index < -0.39 is 17.6 Å². The average Bonchev–Trinajstić information content (AvgIpc) is 3.35. The quantitative estimate of drug-likeness (QED) is 0.272. The van der Waals surface area contributed by atoms with Crippen LogP contribution in [0.25, 0.3) is 6.08 Å². The number of benzene rings is 2. The van der Waals surface area contributed by atoms with Gasteiger partial charge in [-0.15, -0.1) is 0 Å². The first-order chi connectivity index (χ1) is 17.5. The third kappa shape index (κ3) is 7.03. The third-order valence-electron chi connectivity index (χ3n) is 5.27. The molecule has 1 aliphatic rings. The second kappa shape index (κ2) is 12.5. The first kappa shape index (κ1) is 25.6. The van der Waals surface area contributed by atoms with Gasteiger partial charge in [0.1, 0.15) is 21.6 Å². The topological polar surface area (TPSA) is 83.8 Å². The van der Waals surface area contributed by atoms with Gasteiger partial charge in [-0.2, -0.15) is 0 Å². The lowest BCUT2D eigenvalue weighted by Crippen LogP contribution is -2.38. The van der Waals surface area contributed by atoms with Gasteiger partial charge in [0, 0.05) is 36.8 Å². The predicted octanol–water partition coefficient (Wildman–Crippen LogP) is 4.22. The first-order valence-corrected chi connectivity index (χ1v) is 12.5. The number of morpholine rings is 1. The van der Waals surface area contributed by atoms with Crippen LogP contribution in [0.4, 0.5) is 4.39 Å². The van der Waals surface area contributed by atoms with Crippen molar-refractivity contribution >= 4 is 46.2 Å². The van der Waals surface area contributed by atoms with Gasteiger partial charge < -0.3 is 24.7 Å². The number of nitrogens with one attached hydrogen (secondary N) is 2. The maximum atomic E-state index is 14.0. The van der Waals surface area contributed by atoms with E-state index in [4.69, 9.17) is 21.4 Å². The SMILES string of the molecule is O=C(NCc1ccccc1F)C(=Cc1ccc(SC(=S)N2CCOCC2)o1)NC(=O)c1ccccc1. The van der Waals surface area contributed by atoms with E-state index in [0.717, 1.165) is 13.1 Å². The zero-order chi connectivity index (χ0) is 25.3. The molecule has 0 spiro atoms. The Morgan fingerprint density at radius 2 is 1.75 bits per heavy atom. The van der Waals surface area contributed by atoms with Crippen LogP contribution in [-0.4, -0.2) is 47.3 Å². The highest BCUT2D eigenvalue weighted by Gasteiger charge is 2.18. The Morgan fingerprint density at radius 3 is 2.50 bits per heavy atom. The smallest absolute Gasteiger partial charge is 0.268 e. The Bertz CT molecular complexity index is 1260. The summed E-state index contributed by atoms with van der Waals surface area (Å²) in [5.41, 5.74) is 0.673. The summed E-state index contributed by atoms with van der Waals surface area (Å²) in [5.74, 6) is -1.12. The van der Waals surface area contributed by atoms with Gasteiger partial charge in [-0.1, -0.05) is 48.6 Å². The van der Waals surface area contributed by atoms with E-state index in [1.54, 1.807) is 60.7 Å². The van der Waals surface area contributed by atoms with Crippen LogP contribution in [0, 0.1) is 5.82 Å². The van der Waals surface area contributed by atoms with Gasteiger partial charge in [-0.3, -0.25) is 9.59 Å². The number of carbonyl (C=O) groups excluding carboxylic acids is 2. The highest BCUT2D eigenvalue weighted by molar-refractivity contribution is 8.22. The number of furan rings is 1. The minimum Gasteiger partial charge on any atom is -0.450 e. The van der Waals surface area contributed by atoms with Crippen LogP contribution in [0.15, 0.2) is 81.9 Å². The molecule has 2 aromatic carbocycles. The maximum Gasteiger partial charge on any atom is 0.268 e. The molecule has 0 atom stereocenters. The predicted molar refractivity (Wildman–Crippen MR) is 140 cm³/mol. The Balaban J connectivity index is 1.49. The molecule has 3 aromatic rings. The molecule has 0 unspecified atom stereocenters. The molecule has 1 aliphatic heterocycles. The summed E-state index contributed by atoms with van der Waals surface area (Å²) in [6.07, 6.45) is 1.43. The highest BCUT2D eigenvalue weighted by Crippen LogP contribution is 2.25. The zero-order valence-corrected chi connectivity index (χ0v) is 20.9. The van der Waals surface area contributed by atoms with Gasteiger partial charge in [0.2, 0.25) is 0 Å². The molecule has 0 radical (unpaired) electrons. The summed E-state index contributed by atoms with van der Waals surface area (Å²) in [5, 5.41) is 5.84. The second-order valence-corrected chi connectivity index (χ2v) is 9.41. The van der Waals surface area contributed by atoms with Gasteiger partial charge in [0.05, 0.1) is 13.2 Å². The van der Waals surface area contributed by atoms with Crippen LogP contribution in [-0.2, 0) is 16.1 Å². The molecule has 1 fully saturated rings. The van der Waals surface area contributed by atoms with Gasteiger partial charge in [0.25, 0.3) is 11.8 Å². The highest BCUT2D eigenvalue weighted by atomic mass is 32.2. The summed E-state index contributed by atoms with van der Waals surface area (Å²) in [6, 6.07) is 18.1. The van der Waals surface area contributed by atoms with Crippen molar-refractivity contribution in [2.75, 3.05) is 26.3 Å². The monoisotopic (exact) mass is 525 g/mol. The molecule has 0 bridgehead atoms. The van der Waals surface area contributed by atoms with E-state index in [2.05, 4.69) is 10.6 Å². The van der Waals surface area contributed by atoms with Crippen molar-refractivity contribution in [1.29, 1.82) is 0 Å². The molecule has 1 aromatic heterocycles. The molecule has 1 saturated heterocycles. The Hall–Kier alpha value is -3.47. The van der Waals surface area contributed by atoms with Crippen LogP contribution < -0.4 is 10.6 Å². The molecule has 2 amide bonds. The first-order valence-electron chi connectivity index (χ1n) is 11.2. The molecule has 186 valence electrons. The largest absolute Gasteiger partial charge is 0.450 e. The van der Waals surface area contributed by atoms with Crippen LogP contribution in [0.5, 0.6) is 0 Å². The zero-order valence-electron chi connectivity index (χ0n) is 19.2. The third-order valence-corrected chi connectivity index (χ3v) is 6.63. The van der Waals surface area contributed by atoms with Gasteiger partial charge in [-0.25, -0.2) is 4.39 Å². The fourth-order valence-electron chi connectivity index (χ4n) is 3.36. The molecule has 0 saturated carbocycles. The van der Waals surface area contributed by atoms with Crippen molar-refractivity contribution in [2.45, 2.75) is 11.6 Å². The van der Waals surface area contributed by atoms with Crippen molar-refractivity contribution in [3.05, 3.63) is 95.1 Å². The fraction of sp³-hybridized carbons (Fsp3) is 0.192. The lowest BCUT2D eigenvalue weighted by atomic mass is 10.2. The summed E-state index contributed by atoms with van der Waals surface area (Å²) < 4.78 is 25.9. The van der Waals surface area contributed by atoms with Crippen LogP contribution in [0.2, 0.25) is 0 Å². The normalized spacial score (nSPS) is 13.8. The van der Waals surface area contributed by atoms with E-state index in [0.29, 0.717) is 39.5 Å². The van der Waals surface area contributed by atoms with Crippen molar-refractivity contribution in [3.8, 4) is 0 Å². The van der Waals surface area contributed by atoms with Gasteiger partial charge >= 0.3 is 0 Å². The molecule has 7 nitrogen and oxygen atoms in total. The number of ether oxygens (including phenoxy) is 1. The molecule has 10 heteroatoms. The second-order valence-electron chi connectivity index (χ2n) is 7.78. The fourth-order valence-corrected chi connectivity index (χ4v) is 4.55. The number of amides is 2. The minimum atomic E-state index is -0.586.